The first-order chi connectivity index (χ1) is 8.73. The molecule has 0 radical (unpaired) electrons. The van der Waals surface area contributed by atoms with Crippen LogP contribution in [0, 0.1) is 10.8 Å². The van der Waals surface area contributed by atoms with E-state index in [0.717, 1.165) is 11.4 Å². The predicted molar refractivity (Wildman–Crippen MR) is 78.9 cm³/mol. The first kappa shape index (κ1) is 14.1. The topological polar surface area (TPSA) is 75.9 Å². The maximum atomic E-state index is 5.54. The predicted octanol–water partition coefficient (Wildman–Crippen LogP) is 2.73. The first-order valence-corrected chi connectivity index (χ1v) is 6.81. The monoisotopic (exact) mass is 263 g/mol. The van der Waals surface area contributed by atoms with Crippen molar-refractivity contribution in [1.29, 1.82) is 0 Å². The molecule has 1 aromatic rings. The Bertz CT molecular complexity index is 465. The molecule has 0 spiro atoms. The summed E-state index contributed by atoms with van der Waals surface area (Å²) in [5, 5.41) is 3.57. The van der Waals surface area contributed by atoms with E-state index in [4.69, 9.17) is 5.84 Å². The van der Waals surface area contributed by atoms with Gasteiger partial charge in [0.1, 0.15) is 18.0 Å². The Labute approximate surface area is 115 Å². The summed E-state index contributed by atoms with van der Waals surface area (Å²) in [5.41, 5.74) is 4.24. The molecule has 1 aromatic heterocycles. The smallest absolute Gasteiger partial charge is 0.148 e. The summed E-state index contributed by atoms with van der Waals surface area (Å²) < 4.78 is 0. The van der Waals surface area contributed by atoms with Crippen LogP contribution in [0.5, 0.6) is 0 Å². The fourth-order valence-electron chi connectivity index (χ4n) is 2.87. The van der Waals surface area contributed by atoms with Crippen molar-refractivity contribution in [3.05, 3.63) is 11.9 Å². The van der Waals surface area contributed by atoms with Crippen molar-refractivity contribution >= 4 is 11.6 Å². The van der Waals surface area contributed by atoms with Crippen molar-refractivity contribution in [2.75, 3.05) is 10.7 Å². The van der Waals surface area contributed by atoms with Gasteiger partial charge in [0.2, 0.25) is 0 Å². The normalized spacial score (nSPS) is 20.4. The Morgan fingerprint density at radius 1 is 1.11 bits per heavy atom. The van der Waals surface area contributed by atoms with Crippen molar-refractivity contribution in [2.45, 2.75) is 53.5 Å². The molecule has 1 aliphatic carbocycles. The maximum absolute atomic E-state index is 5.54. The third-order valence-electron chi connectivity index (χ3n) is 4.90. The van der Waals surface area contributed by atoms with Crippen molar-refractivity contribution in [2.24, 2.45) is 16.7 Å². The van der Waals surface area contributed by atoms with Crippen LogP contribution in [0.1, 0.15) is 53.0 Å². The van der Waals surface area contributed by atoms with Gasteiger partial charge in [-0.3, -0.25) is 0 Å². The number of hydrogen-bond acceptors (Lipinski definition) is 5. The van der Waals surface area contributed by atoms with Crippen LogP contribution in [0.15, 0.2) is 6.33 Å². The van der Waals surface area contributed by atoms with Crippen LogP contribution in [0.2, 0.25) is 0 Å². The van der Waals surface area contributed by atoms with E-state index in [-0.39, 0.29) is 10.8 Å². The quantitative estimate of drug-likeness (QED) is 0.575. The summed E-state index contributed by atoms with van der Waals surface area (Å²) in [6.07, 6.45) is 1.55. The van der Waals surface area contributed by atoms with E-state index in [1.54, 1.807) is 6.33 Å². The molecule has 0 saturated heterocycles. The van der Waals surface area contributed by atoms with E-state index in [1.807, 2.05) is 0 Å². The van der Waals surface area contributed by atoms with Gasteiger partial charge in [0.05, 0.1) is 0 Å². The summed E-state index contributed by atoms with van der Waals surface area (Å²) in [5.74, 6) is 7.44. The van der Waals surface area contributed by atoms with E-state index in [2.05, 4.69) is 62.3 Å². The molecule has 19 heavy (non-hydrogen) atoms. The molecule has 1 saturated carbocycles. The molecule has 0 bridgehead atoms. The number of anilines is 2. The van der Waals surface area contributed by atoms with Gasteiger partial charge in [-0.1, -0.05) is 41.5 Å². The Hall–Kier alpha value is -1.36. The molecule has 1 heterocycles. The summed E-state index contributed by atoms with van der Waals surface area (Å²) in [6.45, 7) is 13.4. The third kappa shape index (κ3) is 2.06. The van der Waals surface area contributed by atoms with Gasteiger partial charge < -0.3 is 10.7 Å². The second kappa shape index (κ2) is 4.34. The third-order valence-corrected chi connectivity index (χ3v) is 4.90. The molecule has 5 nitrogen and oxygen atoms in total. The van der Waals surface area contributed by atoms with Crippen molar-refractivity contribution in [3.8, 4) is 0 Å². The molecule has 2 rings (SSSR count). The van der Waals surface area contributed by atoms with Gasteiger partial charge in [0.25, 0.3) is 0 Å². The van der Waals surface area contributed by atoms with Crippen LogP contribution in [-0.2, 0) is 0 Å². The van der Waals surface area contributed by atoms with Gasteiger partial charge in [-0.2, -0.15) is 0 Å². The SMILES string of the molecule is CC(C)c1c(NN)ncnc1NC1C(C)(C)C1(C)C. The lowest BCUT2D eigenvalue weighted by Crippen LogP contribution is -2.18. The fourth-order valence-corrected chi connectivity index (χ4v) is 2.87. The van der Waals surface area contributed by atoms with Crippen molar-refractivity contribution in [1.82, 2.24) is 9.97 Å². The lowest BCUT2D eigenvalue weighted by atomic mass is 10.0. The number of hydrogen-bond donors (Lipinski definition) is 3. The molecule has 1 fully saturated rings. The van der Waals surface area contributed by atoms with Crippen molar-refractivity contribution < 1.29 is 0 Å². The molecule has 0 aliphatic heterocycles. The average Bonchev–Trinajstić information content (AvgIpc) is 2.71. The van der Waals surface area contributed by atoms with E-state index >= 15 is 0 Å². The Morgan fingerprint density at radius 2 is 1.63 bits per heavy atom. The Kier molecular flexibility index (Phi) is 3.21. The Balaban J connectivity index is 2.32. The number of nitrogen functional groups attached to an aromatic ring is 1. The zero-order valence-electron chi connectivity index (χ0n) is 12.7. The van der Waals surface area contributed by atoms with Crippen LogP contribution in [0.3, 0.4) is 0 Å². The maximum Gasteiger partial charge on any atom is 0.148 e. The molecule has 1 aliphatic rings. The van der Waals surface area contributed by atoms with Crippen LogP contribution < -0.4 is 16.6 Å². The minimum Gasteiger partial charge on any atom is -0.366 e. The highest BCUT2D eigenvalue weighted by Crippen LogP contribution is 2.63. The molecular formula is C14H25N5. The lowest BCUT2D eigenvalue weighted by Gasteiger charge is -2.17. The minimum absolute atomic E-state index is 0.266. The van der Waals surface area contributed by atoms with Gasteiger partial charge in [0.15, 0.2) is 0 Å². The molecule has 5 heteroatoms. The highest BCUT2D eigenvalue weighted by Gasteiger charge is 2.65. The standard InChI is InChI=1S/C14H25N5/c1-8(2)9-10(16-7-17-11(9)19-15)18-12-13(3,4)14(12,5)6/h7-8,12H,15H2,1-6H3,(H2,16,17,18,19). The van der Waals surface area contributed by atoms with E-state index in [9.17, 15) is 0 Å². The van der Waals surface area contributed by atoms with Crippen molar-refractivity contribution in [3.63, 3.8) is 0 Å². The van der Waals surface area contributed by atoms with Crippen LogP contribution in [-0.4, -0.2) is 16.0 Å². The second-order valence-electron chi connectivity index (χ2n) is 6.80. The highest BCUT2D eigenvalue weighted by atomic mass is 15.3. The zero-order chi connectivity index (χ0) is 14.4. The number of hydrazine groups is 1. The molecule has 106 valence electrons. The van der Waals surface area contributed by atoms with Crippen LogP contribution >= 0.6 is 0 Å². The van der Waals surface area contributed by atoms with Gasteiger partial charge in [0, 0.05) is 11.6 Å². The number of nitrogens with two attached hydrogens (primary N) is 1. The number of rotatable bonds is 4. The molecule has 0 atom stereocenters. The number of nitrogens with one attached hydrogen (secondary N) is 2. The van der Waals surface area contributed by atoms with Gasteiger partial charge in [-0.25, -0.2) is 15.8 Å². The highest BCUT2D eigenvalue weighted by molar-refractivity contribution is 5.60. The van der Waals surface area contributed by atoms with E-state index in [0.29, 0.717) is 17.8 Å². The van der Waals surface area contributed by atoms with Gasteiger partial charge >= 0.3 is 0 Å². The minimum atomic E-state index is 0.266. The first-order valence-electron chi connectivity index (χ1n) is 6.81. The summed E-state index contributed by atoms with van der Waals surface area (Å²) in [6, 6.07) is 0.415. The Morgan fingerprint density at radius 3 is 2.05 bits per heavy atom. The average molecular weight is 263 g/mol. The molecule has 0 unspecified atom stereocenters. The van der Waals surface area contributed by atoms with E-state index in [1.165, 1.54) is 0 Å². The fraction of sp³-hybridized carbons (Fsp3) is 0.714. The van der Waals surface area contributed by atoms with Gasteiger partial charge in [-0.05, 0) is 16.7 Å². The zero-order valence-corrected chi connectivity index (χ0v) is 12.7. The largest absolute Gasteiger partial charge is 0.366 e. The second-order valence-corrected chi connectivity index (χ2v) is 6.80. The molecular weight excluding hydrogens is 238 g/mol. The van der Waals surface area contributed by atoms with Gasteiger partial charge in [-0.15, -0.1) is 0 Å². The molecule has 4 N–H and O–H groups in total. The van der Waals surface area contributed by atoms with Crippen LogP contribution in [0.4, 0.5) is 11.6 Å². The summed E-state index contributed by atoms with van der Waals surface area (Å²) >= 11 is 0. The number of aromatic nitrogens is 2. The number of nitrogens with zero attached hydrogens (tertiary/aromatic N) is 2. The molecule has 0 aromatic carbocycles. The molecule has 0 amide bonds. The lowest BCUT2D eigenvalue weighted by molar-refractivity contribution is 0.457. The summed E-state index contributed by atoms with van der Waals surface area (Å²) in [4.78, 5) is 8.59. The summed E-state index contributed by atoms with van der Waals surface area (Å²) in [7, 11) is 0. The van der Waals surface area contributed by atoms with Crippen LogP contribution in [0.25, 0.3) is 0 Å². The van der Waals surface area contributed by atoms with E-state index < -0.39 is 0 Å².